The van der Waals surface area contributed by atoms with Crippen molar-refractivity contribution < 1.29 is 4.79 Å². The maximum atomic E-state index is 12.4. The Hall–Kier alpha value is -1.78. The van der Waals surface area contributed by atoms with Gasteiger partial charge in [-0.2, -0.15) is 5.10 Å². The van der Waals surface area contributed by atoms with Crippen LogP contribution >= 0.6 is 0 Å². The van der Waals surface area contributed by atoms with E-state index in [4.69, 9.17) is 0 Å². The Kier molecular flexibility index (Phi) is 5.14. The molecular formula is C17H26N4O. The fraction of sp³-hybridized carbons (Fsp3) is 0.647. The highest BCUT2D eigenvalue weighted by Gasteiger charge is 2.28. The van der Waals surface area contributed by atoms with Gasteiger partial charge in [0.25, 0.3) is 0 Å². The van der Waals surface area contributed by atoms with Gasteiger partial charge in [-0.25, -0.2) is 4.79 Å². The summed E-state index contributed by atoms with van der Waals surface area (Å²) in [6.45, 7) is 2.42. The summed E-state index contributed by atoms with van der Waals surface area (Å²) in [7, 11) is 0. The number of carbonyl (C=O) groups excluding carboxylic acids is 1. The van der Waals surface area contributed by atoms with Gasteiger partial charge in [0, 0.05) is 25.5 Å². The number of likely N-dealkylation sites (tertiary alicyclic amines) is 1. The Labute approximate surface area is 132 Å². The van der Waals surface area contributed by atoms with E-state index in [9.17, 15) is 4.79 Å². The van der Waals surface area contributed by atoms with Gasteiger partial charge in [-0.15, -0.1) is 0 Å². The molecule has 0 saturated carbocycles. The number of urea groups is 1. The Bertz CT molecular complexity index is 509. The Morgan fingerprint density at radius 3 is 3.09 bits per heavy atom. The minimum atomic E-state index is 0.0889. The van der Waals surface area contributed by atoms with E-state index in [1.165, 1.54) is 31.3 Å². The third-order valence-corrected chi connectivity index (χ3v) is 4.70. The lowest BCUT2D eigenvalue weighted by Gasteiger charge is -2.25. The van der Waals surface area contributed by atoms with Crippen LogP contribution in [-0.2, 0) is 6.54 Å². The molecule has 0 bridgehead atoms. The highest BCUT2D eigenvalue weighted by Crippen LogP contribution is 2.20. The molecule has 1 atom stereocenters. The predicted octanol–water partition coefficient (Wildman–Crippen LogP) is 2.95. The number of rotatable bonds is 5. The number of hydrogen-bond donors (Lipinski definition) is 1. The first kappa shape index (κ1) is 15.1. The standard InChI is InChI=1S/C17H26N4O/c22-17(18-11-9-15-6-2-1-3-7-15)21-13-4-8-16(21)14-20-12-5-10-19-20/h5-6,10,12,16H,1-4,7-9,11,13-14H2,(H,18,22). The summed E-state index contributed by atoms with van der Waals surface area (Å²) in [5.41, 5.74) is 1.51. The molecule has 1 aromatic rings. The molecule has 1 saturated heterocycles. The fourth-order valence-corrected chi connectivity index (χ4v) is 3.48. The lowest BCUT2D eigenvalue weighted by molar-refractivity contribution is 0.186. The number of hydrogen-bond acceptors (Lipinski definition) is 2. The summed E-state index contributed by atoms with van der Waals surface area (Å²) in [5, 5.41) is 7.35. The average Bonchev–Trinajstić information content (AvgIpc) is 3.20. The summed E-state index contributed by atoms with van der Waals surface area (Å²) in [6.07, 6.45) is 14.3. The molecule has 0 aromatic carbocycles. The highest BCUT2D eigenvalue weighted by molar-refractivity contribution is 5.74. The van der Waals surface area contributed by atoms with Gasteiger partial charge in [0.15, 0.2) is 0 Å². The molecule has 5 nitrogen and oxygen atoms in total. The number of carbonyl (C=O) groups is 1. The summed E-state index contributed by atoms with van der Waals surface area (Å²) >= 11 is 0. The number of nitrogens with zero attached hydrogens (tertiary/aromatic N) is 3. The minimum Gasteiger partial charge on any atom is -0.338 e. The van der Waals surface area contributed by atoms with E-state index in [-0.39, 0.29) is 12.1 Å². The van der Waals surface area contributed by atoms with Gasteiger partial charge < -0.3 is 10.2 Å². The van der Waals surface area contributed by atoms with Gasteiger partial charge in [-0.1, -0.05) is 11.6 Å². The van der Waals surface area contributed by atoms with Crippen LogP contribution in [0.25, 0.3) is 0 Å². The fourth-order valence-electron chi connectivity index (χ4n) is 3.48. The second-order valence-electron chi connectivity index (χ2n) is 6.31. The van der Waals surface area contributed by atoms with Crippen molar-refractivity contribution in [3.63, 3.8) is 0 Å². The van der Waals surface area contributed by atoms with Crippen molar-refractivity contribution in [3.05, 3.63) is 30.1 Å². The van der Waals surface area contributed by atoms with Gasteiger partial charge in [-0.05, 0) is 51.0 Å². The topological polar surface area (TPSA) is 50.2 Å². The Morgan fingerprint density at radius 1 is 1.36 bits per heavy atom. The zero-order valence-corrected chi connectivity index (χ0v) is 13.2. The second kappa shape index (κ2) is 7.47. The highest BCUT2D eigenvalue weighted by atomic mass is 16.2. The number of nitrogens with one attached hydrogen (secondary N) is 1. The first-order valence-corrected chi connectivity index (χ1v) is 8.53. The molecule has 0 spiro atoms. The third-order valence-electron chi connectivity index (χ3n) is 4.70. The van der Waals surface area contributed by atoms with Gasteiger partial charge in [0.05, 0.1) is 12.6 Å². The van der Waals surface area contributed by atoms with Gasteiger partial charge in [-0.3, -0.25) is 4.68 Å². The minimum absolute atomic E-state index is 0.0889. The van der Waals surface area contributed by atoms with E-state index >= 15 is 0 Å². The molecule has 3 rings (SSSR count). The maximum Gasteiger partial charge on any atom is 0.317 e. The number of aromatic nitrogens is 2. The Balaban J connectivity index is 1.45. The van der Waals surface area contributed by atoms with E-state index in [0.29, 0.717) is 0 Å². The molecule has 1 aliphatic heterocycles. The molecule has 22 heavy (non-hydrogen) atoms. The van der Waals surface area contributed by atoms with Crippen molar-refractivity contribution in [1.82, 2.24) is 20.0 Å². The van der Waals surface area contributed by atoms with E-state index in [1.807, 2.05) is 21.8 Å². The lowest BCUT2D eigenvalue weighted by atomic mass is 9.97. The van der Waals surface area contributed by atoms with Crippen LogP contribution < -0.4 is 5.32 Å². The third kappa shape index (κ3) is 3.90. The lowest BCUT2D eigenvalue weighted by Crippen LogP contribution is -2.44. The normalized spacial score (nSPS) is 21.7. The van der Waals surface area contributed by atoms with Crippen LogP contribution in [0.1, 0.15) is 44.9 Å². The van der Waals surface area contributed by atoms with Crippen molar-refractivity contribution >= 4 is 6.03 Å². The monoisotopic (exact) mass is 302 g/mol. The van der Waals surface area contributed by atoms with Crippen molar-refractivity contribution in [3.8, 4) is 0 Å². The summed E-state index contributed by atoms with van der Waals surface area (Å²) in [6, 6.07) is 2.29. The molecule has 1 aliphatic carbocycles. The second-order valence-corrected chi connectivity index (χ2v) is 6.31. The smallest absolute Gasteiger partial charge is 0.317 e. The summed E-state index contributed by atoms with van der Waals surface area (Å²) < 4.78 is 1.92. The molecular weight excluding hydrogens is 276 g/mol. The van der Waals surface area contributed by atoms with Crippen LogP contribution in [0.15, 0.2) is 30.1 Å². The molecule has 1 unspecified atom stereocenters. The predicted molar refractivity (Wildman–Crippen MR) is 86.5 cm³/mol. The largest absolute Gasteiger partial charge is 0.338 e. The van der Waals surface area contributed by atoms with E-state index in [1.54, 1.807) is 6.20 Å². The first-order chi connectivity index (χ1) is 10.8. The molecule has 2 amide bonds. The molecule has 2 aliphatic rings. The molecule has 120 valence electrons. The molecule has 1 N–H and O–H groups in total. The number of allylic oxidation sites excluding steroid dienone is 1. The zero-order valence-electron chi connectivity index (χ0n) is 13.2. The van der Waals surface area contributed by atoms with Crippen LogP contribution in [0.4, 0.5) is 4.79 Å². The Morgan fingerprint density at radius 2 is 2.32 bits per heavy atom. The van der Waals surface area contributed by atoms with Crippen molar-refractivity contribution in [2.75, 3.05) is 13.1 Å². The van der Waals surface area contributed by atoms with Crippen LogP contribution in [0.5, 0.6) is 0 Å². The molecule has 2 heterocycles. The van der Waals surface area contributed by atoms with Crippen LogP contribution in [0.2, 0.25) is 0 Å². The van der Waals surface area contributed by atoms with Crippen LogP contribution in [-0.4, -0.2) is 39.8 Å². The molecule has 5 heteroatoms. The van der Waals surface area contributed by atoms with Gasteiger partial charge >= 0.3 is 6.03 Å². The van der Waals surface area contributed by atoms with Crippen molar-refractivity contribution in [2.24, 2.45) is 0 Å². The quantitative estimate of drug-likeness (QED) is 0.850. The van der Waals surface area contributed by atoms with Gasteiger partial charge in [0.1, 0.15) is 0 Å². The van der Waals surface area contributed by atoms with E-state index in [2.05, 4.69) is 16.5 Å². The molecule has 1 aromatic heterocycles. The summed E-state index contributed by atoms with van der Waals surface area (Å²) in [5.74, 6) is 0. The van der Waals surface area contributed by atoms with Gasteiger partial charge in [0.2, 0.25) is 0 Å². The van der Waals surface area contributed by atoms with Crippen molar-refractivity contribution in [2.45, 2.75) is 57.5 Å². The first-order valence-electron chi connectivity index (χ1n) is 8.53. The molecule has 1 fully saturated rings. The molecule has 0 radical (unpaired) electrons. The maximum absolute atomic E-state index is 12.4. The number of amides is 2. The van der Waals surface area contributed by atoms with Crippen LogP contribution in [0, 0.1) is 0 Å². The van der Waals surface area contributed by atoms with E-state index in [0.717, 1.165) is 38.9 Å². The van der Waals surface area contributed by atoms with E-state index < -0.39 is 0 Å². The summed E-state index contributed by atoms with van der Waals surface area (Å²) in [4.78, 5) is 14.4. The van der Waals surface area contributed by atoms with Crippen molar-refractivity contribution in [1.29, 1.82) is 0 Å². The average molecular weight is 302 g/mol. The zero-order chi connectivity index (χ0) is 15.2. The van der Waals surface area contributed by atoms with Crippen LogP contribution in [0.3, 0.4) is 0 Å². The SMILES string of the molecule is O=C(NCCC1=CCCCC1)N1CCCC1Cn1cccn1.